The minimum absolute atomic E-state index is 0. The number of hydrogen-bond acceptors (Lipinski definition) is 3. The summed E-state index contributed by atoms with van der Waals surface area (Å²) >= 11 is 0. The maximum Gasteiger partial charge on any atom is 0.191 e. The number of aromatic nitrogens is 2. The molecule has 0 unspecified atom stereocenters. The van der Waals surface area contributed by atoms with Crippen LogP contribution in [0.2, 0.25) is 0 Å². The van der Waals surface area contributed by atoms with Crippen molar-refractivity contribution in [2.75, 3.05) is 26.2 Å². The lowest BCUT2D eigenvalue weighted by molar-refractivity contribution is 0.175. The Morgan fingerprint density at radius 3 is 2.50 bits per heavy atom. The van der Waals surface area contributed by atoms with Crippen LogP contribution in [0, 0.1) is 5.41 Å². The number of halogens is 1. The highest BCUT2D eigenvalue weighted by atomic mass is 127. The average Bonchev–Trinajstić information content (AvgIpc) is 3.18. The first kappa shape index (κ1) is 26.4. The van der Waals surface area contributed by atoms with E-state index < -0.39 is 0 Å². The van der Waals surface area contributed by atoms with Gasteiger partial charge in [0.05, 0.1) is 0 Å². The summed E-state index contributed by atoms with van der Waals surface area (Å²) < 4.78 is 2.20. The molecule has 0 fully saturated rings. The average molecular weight is 527 g/mol. The summed E-state index contributed by atoms with van der Waals surface area (Å²) in [5, 5.41) is 16.2. The zero-order valence-corrected chi connectivity index (χ0v) is 20.9. The van der Waals surface area contributed by atoms with Crippen LogP contribution in [0.5, 0.6) is 0 Å². The third-order valence-corrected chi connectivity index (χ3v) is 5.70. The van der Waals surface area contributed by atoms with Gasteiger partial charge in [0, 0.05) is 51.6 Å². The summed E-state index contributed by atoms with van der Waals surface area (Å²) in [5.74, 6) is 1.90. The van der Waals surface area contributed by atoms with Gasteiger partial charge in [-0.05, 0) is 37.2 Å². The quantitative estimate of drug-likeness (QED) is 0.223. The molecular weight excluding hydrogens is 489 g/mol. The van der Waals surface area contributed by atoms with Crippen molar-refractivity contribution in [2.45, 2.75) is 53.0 Å². The van der Waals surface area contributed by atoms with Gasteiger partial charge in [-0.3, -0.25) is 4.99 Å². The number of rotatable bonds is 12. The van der Waals surface area contributed by atoms with Gasteiger partial charge in [-0.1, -0.05) is 44.2 Å². The van der Waals surface area contributed by atoms with Gasteiger partial charge in [0.25, 0.3) is 0 Å². The predicted molar refractivity (Wildman–Crippen MR) is 136 cm³/mol. The molecule has 0 radical (unpaired) electrons. The SMILES string of the molecule is CCNC(=NCC(CC)(CC)CCO)NCCc1nccn1Cc1ccccc1.I. The van der Waals surface area contributed by atoms with Gasteiger partial charge >= 0.3 is 0 Å². The fourth-order valence-electron chi connectivity index (χ4n) is 3.52. The van der Waals surface area contributed by atoms with E-state index in [9.17, 15) is 5.11 Å². The Balaban J connectivity index is 0.00000450. The number of nitrogens with one attached hydrogen (secondary N) is 2. The molecule has 1 heterocycles. The van der Waals surface area contributed by atoms with Crippen molar-refractivity contribution < 1.29 is 5.11 Å². The van der Waals surface area contributed by atoms with Crippen LogP contribution in [-0.4, -0.2) is 46.9 Å². The Morgan fingerprint density at radius 1 is 1.13 bits per heavy atom. The number of aliphatic hydroxyl groups excluding tert-OH is 1. The second-order valence-electron chi connectivity index (χ2n) is 7.51. The fourth-order valence-corrected chi connectivity index (χ4v) is 3.52. The van der Waals surface area contributed by atoms with Crippen molar-refractivity contribution >= 4 is 29.9 Å². The molecule has 30 heavy (non-hydrogen) atoms. The largest absolute Gasteiger partial charge is 0.396 e. The maximum atomic E-state index is 9.42. The van der Waals surface area contributed by atoms with Crippen LogP contribution in [0.1, 0.15) is 51.4 Å². The molecule has 0 aliphatic rings. The first-order chi connectivity index (χ1) is 14.2. The third kappa shape index (κ3) is 8.26. The van der Waals surface area contributed by atoms with Gasteiger partial charge in [0.2, 0.25) is 0 Å². The monoisotopic (exact) mass is 527 g/mol. The Hall–Kier alpha value is -1.61. The minimum Gasteiger partial charge on any atom is -0.396 e. The van der Waals surface area contributed by atoms with Crippen molar-refractivity contribution in [3.8, 4) is 0 Å². The molecule has 3 N–H and O–H groups in total. The Bertz CT molecular complexity index is 728. The van der Waals surface area contributed by atoms with Gasteiger partial charge in [-0.15, -0.1) is 24.0 Å². The summed E-state index contributed by atoms with van der Waals surface area (Å²) in [6, 6.07) is 10.4. The summed E-state index contributed by atoms with van der Waals surface area (Å²) in [5.41, 5.74) is 1.34. The molecule has 0 aliphatic carbocycles. The first-order valence-electron chi connectivity index (χ1n) is 10.8. The van der Waals surface area contributed by atoms with Gasteiger partial charge in [-0.2, -0.15) is 0 Å². The molecule has 1 aromatic heterocycles. The molecule has 0 saturated carbocycles. The third-order valence-electron chi connectivity index (χ3n) is 5.70. The Labute approximate surface area is 198 Å². The van der Waals surface area contributed by atoms with E-state index in [0.29, 0.717) is 0 Å². The summed E-state index contributed by atoms with van der Waals surface area (Å²) in [6.45, 7) is 9.79. The second kappa shape index (κ2) is 14.4. The molecule has 168 valence electrons. The predicted octanol–water partition coefficient (Wildman–Crippen LogP) is 3.84. The lowest BCUT2D eigenvalue weighted by atomic mass is 9.79. The van der Waals surface area contributed by atoms with Gasteiger partial charge in [0.15, 0.2) is 5.96 Å². The lowest BCUT2D eigenvalue weighted by Gasteiger charge is -2.29. The Kier molecular flexibility index (Phi) is 12.7. The van der Waals surface area contributed by atoms with Crippen LogP contribution < -0.4 is 10.6 Å². The summed E-state index contributed by atoms with van der Waals surface area (Å²) in [7, 11) is 0. The van der Waals surface area contributed by atoms with Crippen molar-refractivity contribution in [3.63, 3.8) is 0 Å². The lowest BCUT2D eigenvalue weighted by Crippen LogP contribution is -2.39. The number of nitrogens with zero attached hydrogens (tertiary/aromatic N) is 3. The smallest absolute Gasteiger partial charge is 0.191 e. The van der Waals surface area contributed by atoms with Crippen molar-refractivity contribution in [1.82, 2.24) is 20.2 Å². The van der Waals surface area contributed by atoms with E-state index in [4.69, 9.17) is 4.99 Å². The molecular formula is C23H38IN5O. The van der Waals surface area contributed by atoms with Crippen molar-refractivity contribution in [1.29, 1.82) is 0 Å². The van der Waals surface area contributed by atoms with Gasteiger partial charge in [-0.25, -0.2) is 4.98 Å². The summed E-state index contributed by atoms with van der Waals surface area (Å²) in [6.07, 6.45) is 7.55. The van der Waals surface area contributed by atoms with Gasteiger partial charge < -0.3 is 20.3 Å². The van der Waals surface area contributed by atoms with Crippen LogP contribution >= 0.6 is 24.0 Å². The Morgan fingerprint density at radius 2 is 1.87 bits per heavy atom. The van der Waals surface area contributed by atoms with E-state index in [2.05, 4.69) is 65.2 Å². The molecule has 0 amide bonds. The fraction of sp³-hybridized carbons (Fsp3) is 0.565. The highest BCUT2D eigenvalue weighted by molar-refractivity contribution is 14.0. The van der Waals surface area contributed by atoms with Crippen LogP contribution in [-0.2, 0) is 13.0 Å². The molecule has 0 spiro atoms. The molecule has 7 heteroatoms. The summed E-state index contributed by atoms with van der Waals surface area (Å²) in [4.78, 5) is 9.34. The van der Waals surface area contributed by atoms with Crippen LogP contribution in [0.25, 0.3) is 0 Å². The molecule has 0 atom stereocenters. The molecule has 6 nitrogen and oxygen atoms in total. The normalized spacial score (nSPS) is 11.8. The van der Waals surface area contributed by atoms with Crippen LogP contribution in [0.15, 0.2) is 47.7 Å². The number of aliphatic hydroxyl groups is 1. The van der Waals surface area contributed by atoms with Crippen LogP contribution in [0.4, 0.5) is 0 Å². The number of guanidine groups is 1. The van der Waals surface area contributed by atoms with E-state index in [-0.39, 0.29) is 36.0 Å². The highest BCUT2D eigenvalue weighted by Crippen LogP contribution is 2.30. The number of imidazole rings is 1. The van der Waals surface area contributed by atoms with Crippen molar-refractivity contribution in [3.05, 3.63) is 54.1 Å². The minimum atomic E-state index is 0. The standard InChI is InChI=1S/C23H37N5O.HI/c1-4-23(5-2,13-17-29)19-27-22(24-6-3)26-14-12-21-25-15-16-28(21)18-20-10-8-7-9-11-20;/h7-11,15-16,29H,4-6,12-14,17-19H2,1-3H3,(H2,24,26,27);1H. The van der Waals surface area contributed by atoms with E-state index in [0.717, 1.165) is 63.6 Å². The molecule has 0 aliphatic heterocycles. The molecule has 0 bridgehead atoms. The van der Waals surface area contributed by atoms with E-state index >= 15 is 0 Å². The maximum absolute atomic E-state index is 9.42. The first-order valence-corrected chi connectivity index (χ1v) is 10.8. The number of aliphatic imine (C=N–C) groups is 1. The molecule has 2 aromatic rings. The molecule has 1 aromatic carbocycles. The van der Waals surface area contributed by atoms with Gasteiger partial charge in [0.1, 0.15) is 5.82 Å². The zero-order chi connectivity index (χ0) is 21.0. The topological polar surface area (TPSA) is 74.5 Å². The zero-order valence-electron chi connectivity index (χ0n) is 18.6. The number of benzene rings is 1. The molecule has 0 saturated heterocycles. The second-order valence-corrected chi connectivity index (χ2v) is 7.51. The van der Waals surface area contributed by atoms with Crippen molar-refractivity contribution in [2.24, 2.45) is 10.4 Å². The highest BCUT2D eigenvalue weighted by Gasteiger charge is 2.25. The molecule has 2 rings (SSSR count). The number of hydrogen-bond donors (Lipinski definition) is 3. The van der Waals surface area contributed by atoms with E-state index in [1.807, 2.05) is 18.5 Å². The van der Waals surface area contributed by atoms with Crippen LogP contribution in [0.3, 0.4) is 0 Å². The van der Waals surface area contributed by atoms with E-state index in [1.165, 1.54) is 5.56 Å². The van der Waals surface area contributed by atoms with E-state index in [1.54, 1.807) is 0 Å².